The fraction of sp³-hybridized carbons (Fsp3) is 0.538. The average molecular weight is 283 g/mol. The summed E-state index contributed by atoms with van der Waals surface area (Å²) in [6.45, 7) is 6.35. The first kappa shape index (κ1) is 11.9. The Morgan fingerprint density at radius 3 is 2.75 bits per heavy atom. The Kier molecular flexibility index (Phi) is 3.27. The lowest BCUT2D eigenvalue weighted by molar-refractivity contribution is 0.517. The number of anilines is 1. The lowest BCUT2D eigenvalue weighted by atomic mass is 10.0. The van der Waals surface area contributed by atoms with Crippen molar-refractivity contribution in [1.82, 2.24) is 0 Å². The number of halogens is 1. The zero-order valence-electron chi connectivity index (χ0n) is 9.96. The quantitative estimate of drug-likeness (QED) is 0.902. The Labute approximate surface area is 106 Å². The van der Waals surface area contributed by atoms with Gasteiger partial charge < -0.3 is 10.6 Å². The molecule has 16 heavy (non-hydrogen) atoms. The van der Waals surface area contributed by atoms with E-state index in [4.69, 9.17) is 5.73 Å². The fourth-order valence-corrected chi connectivity index (χ4v) is 2.94. The van der Waals surface area contributed by atoms with Crippen LogP contribution in [-0.4, -0.2) is 12.1 Å². The Bertz CT molecular complexity index is 388. The van der Waals surface area contributed by atoms with Gasteiger partial charge in [-0.15, -0.1) is 0 Å². The molecule has 1 fully saturated rings. The second-order valence-electron chi connectivity index (χ2n) is 5.04. The molecular weight excluding hydrogens is 264 g/mol. The van der Waals surface area contributed by atoms with Crippen LogP contribution < -0.4 is 10.6 Å². The predicted molar refractivity (Wildman–Crippen MR) is 72.7 cm³/mol. The molecule has 0 spiro atoms. The molecule has 0 unspecified atom stereocenters. The highest BCUT2D eigenvalue weighted by atomic mass is 79.9. The van der Waals surface area contributed by atoms with E-state index < -0.39 is 0 Å². The van der Waals surface area contributed by atoms with Crippen LogP contribution in [0.15, 0.2) is 22.7 Å². The molecule has 1 saturated heterocycles. The van der Waals surface area contributed by atoms with Crippen molar-refractivity contribution in [2.75, 3.05) is 11.4 Å². The summed E-state index contributed by atoms with van der Waals surface area (Å²) in [5.41, 5.74) is 8.62. The van der Waals surface area contributed by atoms with E-state index >= 15 is 0 Å². The highest BCUT2D eigenvalue weighted by molar-refractivity contribution is 9.10. The molecular formula is C13H19BrN2. The third-order valence-corrected chi connectivity index (χ3v) is 3.95. The smallest absolute Gasteiger partial charge is 0.0416 e. The monoisotopic (exact) mass is 282 g/mol. The Hall–Kier alpha value is -0.540. The van der Waals surface area contributed by atoms with Gasteiger partial charge in [-0.25, -0.2) is 0 Å². The maximum absolute atomic E-state index is 5.83. The first-order chi connectivity index (χ1) is 7.54. The topological polar surface area (TPSA) is 29.3 Å². The molecule has 1 aromatic rings. The third kappa shape index (κ3) is 2.11. The van der Waals surface area contributed by atoms with Crippen LogP contribution in [0.4, 0.5) is 5.69 Å². The van der Waals surface area contributed by atoms with E-state index in [0.29, 0.717) is 6.54 Å². The Morgan fingerprint density at radius 1 is 1.44 bits per heavy atom. The maximum atomic E-state index is 5.83. The van der Waals surface area contributed by atoms with Gasteiger partial charge in [0.05, 0.1) is 0 Å². The summed E-state index contributed by atoms with van der Waals surface area (Å²) >= 11 is 3.50. The van der Waals surface area contributed by atoms with Crippen LogP contribution in [0.25, 0.3) is 0 Å². The minimum absolute atomic E-state index is 0.262. The number of hydrogen-bond donors (Lipinski definition) is 1. The normalized spacial score (nSPS) is 19.1. The summed E-state index contributed by atoms with van der Waals surface area (Å²) in [5, 5.41) is 0. The summed E-state index contributed by atoms with van der Waals surface area (Å²) in [4.78, 5) is 2.49. The van der Waals surface area contributed by atoms with Crippen molar-refractivity contribution >= 4 is 21.6 Å². The van der Waals surface area contributed by atoms with Crippen LogP contribution in [-0.2, 0) is 6.54 Å². The molecule has 2 nitrogen and oxygen atoms in total. The van der Waals surface area contributed by atoms with Crippen LogP contribution in [0.1, 0.15) is 32.3 Å². The van der Waals surface area contributed by atoms with Gasteiger partial charge in [-0.3, -0.25) is 0 Å². The number of rotatable bonds is 2. The molecule has 0 saturated carbocycles. The molecule has 0 radical (unpaired) electrons. The van der Waals surface area contributed by atoms with Crippen molar-refractivity contribution in [2.24, 2.45) is 5.73 Å². The van der Waals surface area contributed by atoms with Gasteiger partial charge in [0, 0.05) is 28.8 Å². The molecule has 88 valence electrons. The second-order valence-corrected chi connectivity index (χ2v) is 5.96. The van der Waals surface area contributed by atoms with Gasteiger partial charge in [-0.2, -0.15) is 0 Å². The molecule has 1 aliphatic rings. The Morgan fingerprint density at radius 2 is 2.19 bits per heavy atom. The lowest BCUT2D eigenvalue weighted by Gasteiger charge is -2.35. The summed E-state index contributed by atoms with van der Waals surface area (Å²) in [6.07, 6.45) is 2.53. The van der Waals surface area contributed by atoms with E-state index in [2.05, 4.69) is 52.9 Å². The number of nitrogens with zero attached hydrogens (tertiary/aromatic N) is 1. The van der Waals surface area contributed by atoms with E-state index in [9.17, 15) is 0 Å². The van der Waals surface area contributed by atoms with Crippen molar-refractivity contribution < 1.29 is 0 Å². The molecule has 0 aromatic heterocycles. The first-order valence-electron chi connectivity index (χ1n) is 5.81. The van der Waals surface area contributed by atoms with Crippen LogP contribution in [0.2, 0.25) is 0 Å². The van der Waals surface area contributed by atoms with Gasteiger partial charge in [0.25, 0.3) is 0 Å². The number of hydrogen-bond acceptors (Lipinski definition) is 2. The highest BCUT2D eigenvalue weighted by Crippen LogP contribution is 2.36. The maximum Gasteiger partial charge on any atom is 0.0416 e. The van der Waals surface area contributed by atoms with Crippen LogP contribution >= 0.6 is 15.9 Å². The molecule has 0 amide bonds. The van der Waals surface area contributed by atoms with Gasteiger partial charge in [-0.05, 0) is 50.5 Å². The highest BCUT2D eigenvalue weighted by Gasteiger charge is 2.32. The van der Waals surface area contributed by atoms with Gasteiger partial charge in [-0.1, -0.05) is 15.9 Å². The van der Waals surface area contributed by atoms with Crippen molar-refractivity contribution in [3.8, 4) is 0 Å². The molecule has 0 bridgehead atoms. The van der Waals surface area contributed by atoms with E-state index in [1.165, 1.54) is 24.1 Å². The minimum Gasteiger partial charge on any atom is -0.366 e. The average Bonchev–Trinajstić information content (AvgIpc) is 2.58. The van der Waals surface area contributed by atoms with Crippen LogP contribution in [0.5, 0.6) is 0 Å². The molecule has 0 atom stereocenters. The van der Waals surface area contributed by atoms with Crippen LogP contribution in [0, 0.1) is 0 Å². The Balaban J connectivity index is 2.40. The predicted octanol–water partition coefficient (Wildman–Crippen LogP) is 3.29. The van der Waals surface area contributed by atoms with Crippen molar-refractivity contribution in [3.63, 3.8) is 0 Å². The molecule has 1 aromatic carbocycles. The van der Waals surface area contributed by atoms with Crippen molar-refractivity contribution in [1.29, 1.82) is 0 Å². The standard InChI is InChI=1S/C13H19BrN2/c1-13(2)6-3-7-16(13)12-5-4-11(14)8-10(12)9-15/h4-5,8H,3,6-7,9,15H2,1-2H3. The summed E-state index contributed by atoms with van der Waals surface area (Å²) in [7, 11) is 0. The van der Waals surface area contributed by atoms with Gasteiger partial charge >= 0.3 is 0 Å². The molecule has 1 aliphatic heterocycles. The molecule has 2 N–H and O–H groups in total. The van der Waals surface area contributed by atoms with Crippen LogP contribution in [0.3, 0.4) is 0 Å². The molecule has 1 heterocycles. The molecule has 3 heteroatoms. The van der Waals surface area contributed by atoms with Gasteiger partial charge in [0.1, 0.15) is 0 Å². The van der Waals surface area contributed by atoms with E-state index in [0.717, 1.165) is 11.0 Å². The zero-order chi connectivity index (χ0) is 11.8. The van der Waals surface area contributed by atoms with E-state index in [-0.39, 0.29) is 5.54 Å². The summed E-state index contributed by atoms with van der Waals surface area (Å²) < 4.78 is 1.11. The number of nitrogens with two attached hydrogens (primary N) is 1. The molecule has 2 rings (SSSR count). The first-order valence-corrected chi connectivity index (χ1v) is 6.60. The van der Waals surface area contributed by atoms with E-state index in [1.807, 2.05) is 0 Å². The SMILES string of the molecule is CC1(C)CCCN1c1ccc(Br)cc1CN. The van der Waals surface area contributed by atoms with Crippen molar-refractivity contribution in [3.05, 3.63) is 28.2 Å². The number of benzene rings is 1. The third-order valence-electron chi connectivity index (χ3n) is 3.45. The summed E-state index contributed by atoms with van der Waals surface area (Å²) in [5.74, 6) is 0. The minimum atomic E-state index is 0.262. The zero-order valence-corrected chi connectivity index (χ0v) is 11.5. The molecule has 0 aliphatic carbocycles. The second kappa shape index (κ2) is 4.38. The largest absolute Gasteiger partial charge is 0.366 e. The van der Waals surface area contributed by atoms with Gasteiger partial charge in [0.2, 0.25) is 0 Å². The lowest BCUT2D eigenvalue weighted by Crippen LogP contribution is -2.38. The fourth-order valence-electron chi connectivity index (χ4n) is 2.53. The van der Waals surface area contributed by atoms with E-state index in [1.54, 1.807) is 0 Å². The van der Waals surface area contributed by atoms with Gasteiger partial charge in [0.15, 0.2) is 0 Å². The van der Waals surface area contributed by atoms with Crippen molar-refractivity contribution in [2.45, 2.75) is 38.8 Å². The summed E-state index contributed by atoms with van der Waals surface area (Å²) in [6, 6.07) is 6.41.